The van der Waals surface area contributed by atoms with E-state index in [2.05, 4.69) is 4.98 Å². The first-order valence-electron chi connectivity index (χ1n) is 7.22. The van der Waals surface area contributed by atoms with Crippen LogP contribution >= 0.6 is 0 Å². The molecule has 0 radical (unpaired) electrons. The Balaban J connectivity index is 1.99. The molecule has 0 aliphatic carbocycles. The molecule has 4 heteroatoms. The van der Waals surface area contributed by atoms with Crippen molar-refractivity contribution in [3.05, 3.63) is 72.2 Å². The van der Waals surface area contributed by atoms with Crippen molar-refractivity contribution in [3.63, 3.8) is 0 Å². The highest BCUT2D eigenvalue weighted by molar-refractivity contribution is 5.82. The summed E-state index contributed by atoms with van der Waals surface area (Å²) in [5.41, 5.74) is 2.60. The van der Waals surface area contributed by atoms with E-state index >= 15 is 0 Å². The molecule has 0 aliphatic heterocycles. The van der Waals surface area contributed by atoms with Gasteiger partial charge in [0.05, 0.1) is 12.1 Å². The van der Waals surface area contributed by atoms with Crippen LogP contribution in [0.2, 0.25) is 0 Å². The van der Waals surface area contributed by atoms with E-state index in [0.29, 0.717) is 13.1 Å². The third kappa shape index (κ3) is 3.07. The number of nitrogens with zero attached hydrogens (tertiary/aromatic N) is 2. The Kier molecular flexibility index (Phi) is 4.30. The van der Waals surface area contributed by atoms with E-state index in [1.54, 1.807) is 12.3 Å². The lowest BCUT2D eigenvalue weighted by Gasteiger charge is -2.24. The highest BCUT2D eigenvalue weighted by Gasteiger charge is 2.11. The Hall–Kier alpha value is -2.46. The van der Waals surface area contributed by atoms with Gasteiger partial charge in [-0.15, -0.1) is 0 Å². The predicted molar refractivity (Wildman–Crippen MR) is 86.3 cm³/mol. The molecule has 1 heterocycles. The van der Waals surface area contributed by atoms with Crippen molar-refractivity contribution >= 4 is 16.6 Å². The fourth-order valence-electron chi connectivity index (χ4n) is 2.61. The number of benzene rings is 2. The van der Waals surface area contributed by atoms with Gasteiger partial charge in [0.1, 0.15) is 5.82 Å². The molecule has 0 atom stereocenters. The molecule has 0 spiro atoms. The Morgan fingerprint density at radius 3 is 2.64 bits per heavy atom. The molecular formula is C18H17FN2O. The van der Waals surface area contributed by atoms with Gasteiger partial charge in [0.2, 0.25) is 0 Å². The van der Waals surface area contributed by atoms with Crippen LogP contribution in [0.1, 0.15) is 5.56 Å². The van der Waals surface area contributed by atoms with E-state index in [1.165, 1.54) is 12.1 Å². The fourth-order valence-corrected chi connectivity index (χ4v) is 2.61. The molecule has 0 bridgehead atoms. The summed E-state index contributed by atoms with van der Waals surface area (Å²) in [5.74, 6) is -0.271. The van der Waals surface area contributed by atoms with Gasteiger partial charge < -0.3 is 10.0 Å². The smallest absolute Gasteiger partial charge is 0.124 e. The molecule has 0 unspecified atom stereocenters. The van der Waals surface area contributed by atoms with E-state index in [0.717, 1.165) is 22.2 Å². The van der Waals surface area contributed by atoms with E-state index < -0.39 is 0 Å². The fraction of sp³-hybridized carbons (Fsp3) is 0.167. The molecule has 1 N–H and O–H groups in total. The van der Waals surface area contributed by atoms with Crippen molar-refractivity contribution in [2.24, 2.45) is 0 Å². The summed E-state index contributed by atoms with van der Waals surface area (Å²) in [4.78, 5) is 6.39. The average Bonchev–Trinajstić information content (AvgIpc) is 2.55. The summed E-state index contributed by atoms with van der Waals surface area (Å²) in [5, 5.41) is 10.1. The van der Waals surface area contributed by atoms with Crippen LogP contribution in [0, 0.1) is 5.82 Å². The van der Waals surface area contributed by atoms with Crippen LogP contribution in [0.15, 0.2) is 60.8 Å². The zero-order valence-corrected chi connectivity index (χ0v) is 12.1. The molecule has 0 amide bonds. The number of hydrogen-bond donors (Lipinski definition) is 1. The number of aliphatic hydroxyl groups excluding tert-OH is 1. The van der Waals surface area contributed by atoms with E-state index in [1.807, 2.05) is 41.3 Å². The molecular weight excluding hydrogens is 279 g/mol. The molecule has 112 valence electrons. The highest BCUT2D eigenvalue weighted by atomic mass is 19.1. The normalized spacial score (nSPS) is 10.8. The number of halogens is 1. The van der Waals surface area contributed by atoms with Crippen LogP contribution in [0.3, 0.4) is 0 Å². The summed E-state index contributed by atoms with van der Waals surface area (Å²) in [6.45, 7) is 1.01. The third-order valence-electron chi connectivity index (χ3n) is 3.60. The zero-order chi connectivity index (χ0) is 15.4. The largest absolute Gasteiger partial charge is 0.395 e. The van der Waals surface area contributed by atoms with Gasteiger partial charge >= 0.3 is 0 Å². The highest BCUT2D eigenvalue weighted by Crippen LogP contribution is 2.22. The van der Waals surface area contributed by atoms with E-state index in [-0.39, 0.29) is 12.4 Å². The standard InChI is InChI=1S/C18H17FN2O/c19-16-11-14-5-4-8-20-18(14)15(12-16)13-21(9-10-22)17-6-2-1-3-7-17/h1-8,11-12,22H,9-10,13H2. The van der Waals surface area contributed by atoms with Crippen LogP contribution in [-0.4, -0.2) is 23.2 Å². The van der Waals surface area contributed by atoms with Gasteiger partial charge in [0.25, 0.3) is 0 Å². The second-order valence-electron chi connectivity index (χ2n) is 5.12. The van der Waals surface area contributed by atoms with E-state index in [9.17, 15) is 9.50 Å². The molecule has 1 aromatic heterocycles. The maximum absolute atomic E-state index is 13.8. The Bertz CT molecular complexity index is 761. The summed E-state index contributed by atoms with van der Waals surface area (Å²) in [6.07, 6.45) is 1.71. The van der Waals surface area contributed by atoms with Crippen LogP contribution < -0.4 is 4.90 Å². The van der Waals surface area contributed by atoms with Crippen molar-refractivity contribution in [2.75, 3.05) is 18.1 Å². The number of aliphatic hydroxyl groups is 1. The second-order valence-corrected chi connectivity index (χ2v) is 5.12. The Morgan fingerprint density at radius 2 is 1.86 bits per heavy atom. The average molecular weight is 296 g/mol. The molecule has 0 aliphatic rings. The van der Waals surface area contributed by atoms with Crippen LogP contribution in [0.4, 0.5) is 10.1 Å². The van der Waals surface area contributed by atoms with Gasteiger partial charge in [-0.2, -0.15) is 0 Å². The van der Waals surface area contributed by atoms with Gasteiger partial charge in [-0.3, -0.25) is 4.98 Å². The third-order valence-corrected chi connectivity index (χ3v) is 3.60. The van der Waals surface area contributed by atoms with E-state index in [4.69, 9.17) is 0 Å². The summed E-state index contributed by atoms with van der Waals surface area (Å²) in [7, 11) is 0. The minimum absolute atomic E-state index is 0.0373. The number of pyridine rings is 1. The quantitative estimate of drug-likeness (QED) is 0.784. The molecule has 0 fully saturated rings. The molecule has 0 saturated heterocycles. The predicted octanol–water partition coefficient (Wildman–Crippen LogP) is 3.37. The van der Waals surface area contributed by atoms with Gasteiger partial charge in [-0.25, -0.2) is 4.39 Å². The van der Waals surface area contributed by atoms with Crippen molar-refractivity contribution in [3.8, 4) is 0 Å². The van der Waals surface area contributed by atoms with Gasteiger partial charge in [0, 0.05) is 35.9 Å². The van der Waals surface area contributed by atoms with Gasteiger partial charge in [0.15, 0.2) is 0 Å². The maximum Gasteiger partial charge on any atom is 0.124 e. The first kappa shape index (κ1) is 14.5. The molecule has 22 heavy (non-hydrogen) atoms. The molecule has 3 aromatic rings. The summed E-state index contributed by atoms with van der Waals surface area (Å²) >= 11 is 0. The van der Waals surface area contributed by atoms with Crippen molar-refractivity contribution in [1.29, 1.82) is 0 Å². The lowest BCUT2D eigenvalue weighted by atomic mass is 10.1. The number of aromatic nitrogens is 1. The topological polar surface area (TPSA) is 36.4 Å². The van der Waals surface area contributed by atoms with Crippen molar-refractivity contribution in [2.45, 2.75) is 6.54 Å². The van der Waals surface area contributed by atoms with Gasteiger partial charge in [-0.1, -0.05) is 24.3 Å². The number of fused-ring (bicyclic) bond motifs is 1. The van der Waals surface area contributed by atoms with Crippen LogP contribution in [0.5, 0.6) is 0 Å². The molecule has 3 nitrogen and oxygen atoms in total. The number of anilines is 1. The number of hydrogen-bond acceptors (Lipinski definition) is 3. The van der Waals surface area contributed by atoms with Crippen molar-refractivity contribution < 1.29 is 9.50 Å². The lowest BCUT2D eigenvalue weighted by Crippen LogP contribution is -2.26. The minimum Gasteiger partial charge on any atom is -0.395 e. The number of rotatable bonds is 5. The van der Waals surface area contributed by atoms with Crippen molar-refractivity contribution in [1.82, 2.24) is 4.98 Å². The SMILES string of the molecule is OCCN(Cc1cc(F)cc2cccnc12)c1ccccc1. The molecule has 2 aromatic carbocycles. The summed E-state index contributed by atoms with van der Waals surface area (Å²) in [6, 6.07) is 16.5. The number of para-hydroxylation sites is 1. The zero-order valence-electron chi connectivity index (χ0n) is 12.1. The minimum atomic E-state index is -0.271. The first-order chi connectivity index (χ1) is 10.8. The molecule has 3 rings (SSSR count). The monoisotopic (exact) mass is 296 g/mol. The van der Waals surface area contributed by atoms with Crippen LogP contribution in [-0.2, 0) is 6.54 Å². The Morgan fingerprint density at radius 1 is 1.05 bits per heavy atom. The maximum atomic E-state index is 13.8. The van der Waals surface area contributed by atoms with Crippen LogP contribution in [0.25, 0.3) is 10.9 Å². The second kappa shape index (κ2) is 6.54. The summed E-state index contributed by atoms with van der Waals surface area (Å²) < 4.78 is 13.8. The lowest BCUT2D eigenvalue weighted by molar-refractivity contribution is 0.301. The molecule has 0 saturated carbocycles. The first-order valence-corrected chi connectivity index (χ1v) is 7.22. The van der Waals surface area contributed by atoms with Gasteiger partial charge in [-0.05, 0) is 30.3 Å². The Labute approximate surface area is 128 Å².